The van der Waals surface area contributed by atoms with Crippen molar-refractivity contribution in [1.82, 2.24) is 4.57 Å². The average Bonchev–Trinajstić information content (AvgIpc) is 2.59. The predicted octanol–water partition coefficient (Wildman–Crippen LogP) is 4.42. The summed E-state index contributed by atoms with van der Waals surface area (Å²) in [5.74, 6) is -1.15. The number of hydrogen-bond acceptors (Lipinski definition) is 1. The van der Waals surface area contributed by atoms with Crippen LogP contribution >= 0.6 is 22.6 Å². The molecule has 1 aromatic heterocycles. The quantitative estimate of drug-likeness (QED) is 0.747. The molecule has 112 valence electrons. The highest BCUT2D eigenvalue weighted by atomic mass is 127. The summed E-state index contributed by atoms with van der Waals surface area (Å²) in [6.45, 7) is 3.11. The van der Waals surface area contributed by atoms with E-state index in [2.05, 4.69) is 0 Å². The summed E-state index contributed by atoms with van der Waals surface area (Å²) in [5.41, 5.74) is -0.0710. The van der Waals surface area contributed by atoms with Gasteiger partial charge in [-0.1, -0.05) is 12.1 Å². The lowest BCUT2D eigenvalue weighted by atomic mass is 10.1. The molecule has 0 unspecified atom stereocenters. The Labute approximate surface area is 132 Å². The minimum Gasteiger partial charge on any atom is -0.478 e. The van der Waals surface area contributed by atoms with E-state index >= 15 is 0 Å². The molecule has 2 rings (SSSR count). The van der Waals surface area contributed by atoms with Crippen LogP contribution in [0.2, 0.25) is 0 Å². The fraction of sp³-hybridized carbons (Fsp3) is 0.214. The zero-order valence-electron chi connectivity index (χ0n) is 11.1. The Kier molecular flexibility index (Phi) is 4.05. The molecule has 0 bridgehead atoms. The lowest BCUT2D eigenvalue weighted by Crippen LogP contribution is -2.12. The van der Waals surface area contributed by atoms with Gasteiger partial charge in [0.25, 0.3) is 0 Å². The Balaban J connectivity index is 2.81. The molecule has 1 N–H and O–H groups in total. The van der Waals surface area contributed by atoms with E-state index in [1.807, 2.05) is 22.6 Å². The van der Waals surface area contributed by atoms with Gasteiger partial charge in [0.1, 0.15) is 0 Å². The van der Waals surface area contributed by atoms with Crippen LogP contribution in [0.3, 0.4) is 0 Å². The lowest BCUT2D eigenvalue weighted by Gasteiger charge is -2.16. The highest BCUT2D eigenvalue weighted by molar-refractivity contribution is 14.1. The van der Waals surface area contributed by atoms with Crippen LogP contribution in [0.15, 0.2) is 24.3 Å². The molecule has 0 aliphatic carbocycles. The standard InChI is InChI=1S/C14H11F3INO2/c1-7-11(13(20)21)12(18)8(2)19(7)10-6-4-3-5-9(10)14(15,16)17/h3-6H,1-2H3,(H,20,21). The summed E-state index contributed by atoms with van der Waals surface area (Å²) in [5, 5.41) is 9.22. The van der Waals surface area contributed by atoms with Crippen LogP contribution in [0.4, 0.5) is 13.2 Å². The fourth-order valence-electron chi connectivity index (χ4n) is 2.32. The molecule has 0 atom stereocenters. The van der Waals surface area contributed by atoms with E-state index in [0.29, 0.717) is 9.26 Å². The third-order valence-corrected chi connectivity index (χ3v) is 4.55. The number of aromatic nitrogens is 1. The largest absolute Gasteiger partial charge is 0.478 e. The van der Waals surface area contributed by atoms with Crippen molar-refractivity contribution in [2.45, 2.75) is 20.0 Å². The zero-order valence-corrected chi connectivity index (χ0v) is 13.3. The molecule has 2 aromatic rings. The van der Waals surface area contributed by atoms with E-state index in [0.717, 1.165) is 6.07 Å². The summed E-state index contributed by atoms with van der Waals surface area (Å²) >= 11 is 1.84. The van der Waals surface area contributed by atoms with Gasteiger partial charge < -0.3 is 9.67 Å². The van der Waals surface area contributed by atoms with Crippen molar-refractivity contribution in [3.8, 4) is 5.69 Å². The van der Waals surface area contributed by atoms with Crippen molar-refractivity contribution >= 4 is 28.6 Å². The van der Waals surface area contributed by atoms with Crippen LogP contribution in [-0.4, -0.2) is 15.6 Å². The topological polar surface area (TPSA) is 42.2 Å². The number of nitrogens with zero attached hydrogens (tertiary/aromatic N) is 1. The molecule has 1 aromatic carbocycles. The van der Waals surface area contributed by atoms with E-state index in [4.69, 9.17) is 0 Å². The second kappa shape index (κ2) is 5.36. The molecule has 0 spiro atoms. The van der Waals surface area contributed by atoms with Crippen LogP contribution in [-0.2, 0) is 6.18 Å². The maximum Gasteiger partial charge on any atom is 0.418 e. The number of halogens is 4. The van der Waals surface area contributed by atoms with E-state index < -0.39 is 17.7 Å². The van der Waals surface area contributed by atoms with Crippen molar-refractivity contribution in [2.24, 2.45) is 0 Å². The monoisotopic (exact) mass is 409 g/mol. The number of rotatable bonds is 2. The number of carboxylic acid groups (broad SMARTS) is 1. The van der Waals surface area contributed by atoms with Gasteiger partial charge in [-0.25, -0.2) is 4.79 Å². The van der Waals surface area contributed by atoms with Gasteiger partial charge in [0.2, 0.25) is 0 Å². The van der Waals surface area contributed by atoms with Gasteiger partial charge in [-0.2, -0.15) is 13.2 Å². The van der Waals surface area contributed by atoms with Gasteiger partial charge >= 0.3 is 12.1 Å². The number of carboxylic acids is 1. The summed E-state index contributed by atoms with van der Waals surface area (Å²) in [6.07, 6.45) is -4.51. The summed E-state index contributed by atoms with van der Waals surface area (Å²) in [4.78, 5) is 11.3. The van der Waals surface area contributed by atoms with Crippen molar-refractivity contribution in [3.05, 3.63) is 50.4 Å². The summed E-state index contributed by atoms with van der Waals surface area (Å²) < 4.78 is 41.2. The molecule has 0 amide bonds. The predicted molar refractivity (Wildman–Crippen MR) is 79.9 cm³/mol. The first kappa shape index (κ1) is 15.9. The Hall–Kier alpha value is -1.51. The van der Waals surface area contributed by atoms with E-state index in [9.17, 15) is 23.1 Å². The van der Waals surface area contributed by atoms with E-state index in [1.165, 1.54) is 29.7 Å². The molecule has 0 saturated carbocycles. The van der Waals surface area contributed by atoms with Gasteiger partial charge in [-0.3, -0.25) is 0 Å². The van der Waals surface area contributed by atoms with Gasteiger partial charge in [0.05, 0.1) is 16.8 Å². The van der Waals surface area contributed by atoms with Gasteiger partial charge in [0, 0.05) is 15.0 Å². The smallest absolute Gasteiger partial charge is 0.418 e. The Morgan fingerprint density at radius 1 is 1.19 bits per heavy atom. The number of hydrogen-bond donors (Lipinski definition) is 1. The highest BCUT2D eigenvalue weighted by Gasteiger charge is 2.35. The van der Waals surface area contributed by atoms with E-state index in [-0.39, 0.29) is 16.9 Å². The third kappa shape index (κ3) is 2.66. The lowest BCUT2D eigenvalue weighted by molar-refractivity contribution is -0.137. The van der Waals surface area contributed by atoms with Crippen LogP contribution in [0.1, 0.15) is 27.3 Å². The normalized spacial score (nSPS) is 11.7. The molecule has 21 heavy (non-hydrogen) atoms. The molecule has 0 aliphatic heterocycles. The van der Waals surface area contributed by atoms with Crippen molar-refractivity contribution in [2.75, 3.05) is 0 Å². The average molecular weight is 409 g/mol. The Morgan fingerprint density at radius 3 is 2.24 bits per heavy atom. The van der Waals surface area contributed by atoms with Gasteiger partial charge in [0.15, 0.2) is 0 Å². The van der Waals surface area contributed by atoms with Crippen molar-refractivity contribution in [1.29, 1.82) is 0 Å². The molecule has 1 heterocycles. The van der Waals surface area contributed by atoms with Crippen LogP contribution < -0.4 is 0 Å². The zero-order chi connectivity index (χ0) is 15.9. The highest BCUT2D eigenvalue weighted by Crippen LogP contribution is 2.36. The number of para-hydroxylation sites is 1. The Morgan fingerprint density at radius 2 is 1.76 bits per heavy atom. The number of alkyl halides is 3. The van der Waals surface area contributed by atoms with Crippen LogP contribution in [0.25, 0.3) is 5.69 Å². The second-order valence-corrected chi connectivity index (χ2v) is 5.59. The summed E-state index contributed by atoms with van der Waals surface area (Å²) in [7, 11) is 0. The number of aromatic carboxylic acids is 1. The minimum atomic E-state index is -4.51. The first-order valence-electron chi connectivity index (χ1n) is 5.93. The van der Waals surface area contributed by atoms with Crippen LogP contribution in [0.5, 0.6) is 0 Å². The first-order valence-corrected chi connectivity index (χ1v) is 7.01. The number of carbonyl (C=O) groups is 1. The molecule has 0 aliphatic rings. The van der Waals surface area contributed by atoms with E-state index in [1.54, 1.807) is 6.92 Å². The van der Waals surface area contributed by atoms with Crippen LogP contribution in [0, 0.1) is 17.4 Å². The number of benzene rings is 1. The van der Waals surface area contributed by atoms with Gasteiger partial charge in [-0.15, -0.1) is 0 Å². The molecule has 3 nitrogen and oxygen atoms in total. The molecule has 0 radical (unpaired) electrons. The molecular weight excluding hydrogens is 398 g/mol. The minimum absolute atomic E-state index is 0.0325. The maximum absolute atomic E-state index is 13.1. The fourth-order valence-corrected chi connectivity index (χ4v) is 3.18. The Bertz CT molecular complexity index is 720. The first-order chi connectivity index (χ1) is 9.66. The SMILES string of the molecule is Cc1c(I)c(C(=O)O)c(C)n1-c1ccccc1C(F)(F)F. The second-order valence-electron chi connectivity index (χ2n) is 4.52. The maximum atomic E-state index is 13.1. The van der Waals surface area contributed by atoms with Crippen molar-refractivity contribution < 1.29 is 23.1 Å². The molecule has 7 heteroatoms. The molecule has 0 saturated heterocycles. The van der Waals surface area contributed by atoms with Crippen molar-refractivity contribution in [3.63, 3.8) is 0 Å². The van der Waals surface area contributed by atoms with Gasteiger partial charge in [-0.05, 0) is 48.6 Å². The third-order valence-electron chi connectivity index (χ3n) is 3.23. The molecular formula is C14H11F3INO2. The summed E-state index contributed by atoms with van der Waals surface area (Å²) in [6, 6.07) is 5.13. The molecule has 0 fully saturated rings.